The topological polar surface area (TPSA) is 65.1 Å². The van der Waals surface area contributed by atoms with Crippen LogP contribution in [-0.4, -0.2) is 25.9 Å². The highest BCUT2D eigenvalue weighted by Crippen LogP contribution is 2.54. The molecule has 6 nitrogen and oxygen atoms in total. The van der Waals surface area contributed by atoms with Crippen molar-refractivity contribution in [3.8, 4) is 0 Å². The van der Waals surface area contributed by atoms with E-state index in [1.54, 1.807) is 31.2 Å². The zero-order chi connectivity index (χ0) is 17.8. The first-order valence-corrected chi connectivity index (χ1v) is 10.00. The number of nitrogens with zero attached hydrogens (tertiary/aromatic N) is 1. The van der Waals surface area contributed by atoms with Crippen molar-refractivity contribution >= 4 is 19.5 Å². The lowest BCUT2D eigenvalue weighted by atomic mass is 10.3. The molecule has 0 heterocycles. The first-order chi connectivity index (χ1) is 11.6. The van der Waals surface area contributed by atoms with Gasteiger partial charge in [-0.05, 0) is 31.9 Å². The van der Waals surface area contributed by atoms with Gasteiger partial charge in [0.1, 0.15) is 0 Å². The van der Waals surface area contributed by atoms with Crippen molar-refractivity contribution in [3.63, 3.8) is 0 Å². The highest BCUT2D eigenvalue weighted by molar-refractivity contribution is 7.56. The van der Waals surface area contributed by atoms with E-state index in [1.165, 1.54) is 0 Å². The lowest BCUT2D eigenvalue weighted by Crippen LogP contribution is -2.31. The first kappa shape index (κ1) is 20.7. The molecule has 0 bridgehead atoms. The summed E-state index contributed by atoms with van der Waals surface area (Å²) in [5, 5.41) is 0. The standard InChI is InChI=1S/C17H28NO5P/c1-4-7-14-22-24(20,23-15-8-5-2)18(17(19)21-6-3)16-12-10-9-11-13-16/h9-13H,4-8,14-15H2,1-3H3. The molecule has 1 rings (SSSR count). The van der Waals surface area contributed by atoms with Gasteiger partial charge in [0.05, 0.1) is 25.5 Å². The molecule has 0 atom stereocenters. The third-order valence-corrected chi connectivity index (χ3v) is 5.09. The van der Waals surface area contributed by atoms with Gasteiger partial charge >= 0.3 is 13.8 Å². The highest BCUT2D eigenvalue weighted by atomic mass is 31.2. The van der Waals surface area contributed by atoms with Crippen LogP contribution in [0, 0.1) is 0 Å². The lowest BCUT2D eigenvalue weighted by molar-refractivity contribution is 0.155. The van der Waals surface area contributed by atoms with Crippen LogP contribution in [-0.2, 0) is 18.3 Å². The molecule has 24 heavy (non-hydrogen) atoms. The molecule has 1 amide bonds. The van der Waals surface area contributed by atoms with Gasteiger partial charge in [0.25, 0.3) is 0 Å². The Labute approximate surface area is 144 Å². The molecule has 0 N–H and O–H groups in total. The molecule has 0 saturated heterocycles. The molecular weight excluding hydrogens is 329 g/mol. The Morgan fingerprint density at radius 2 is 1.54 bits per heavy atom. The van der Waals surface area contributed by atoms with Gasteiger partial charge in [-0.2, -0.15) is 4.67 Å². The highest BCUT2D eigenvalue weighted by Gasteiger charge is 2.40. The molecule has 0 aliphatic carbocycles. The number of unbranched alkanes of at least 4 members (excludes halogenated alkanes) is 2. The summed E-state index contributed by atoms with van der Waals surface area (Å²) in [5.41, 5.74) is 0.423. The molecule has 1 aromatic carbocycles. The van der Waals surface area contributed by atoms with Crippen LogP contribution in [0.5, 0.6) is 0 Å². The largest absolute Gasteiger partial charge is 0.449 e. The number of hydrogen-bond donors (Lipinski definition) is 0. The predicted octanol–water partition coefficient (Wildman–Crippen LogP) is 5.39. The van der Waals surface area contributed by atoms with Crippen molar-refractivity contribution in [2.24, 2.45) is 0 Å². The van der Waals surface area contributed by atoms with E-state index in [0.29, 0.717) is 5.69 Å². The minimum absolute atomic E-state index is 0.173. The van der Waals surface area contributed by atoms with Crippen LogP contribution in [0.15, 0.2) is 30.3 Å². The zero-order valence-electron chi connectivity index (χ0n) is 14.8. The van der Waals surface area contributed by atoms with Crippen LogP contribution in [0.25, 0.3) is 0 Å². The summed E-state index contributed by atoms with van der Waals surface area (Å²) >= 11 is 0. The fraction of sp³-hybridized carbons (Fsp3) is 0.588. The second kappa shape index (κ2) is 11.2. The van der Waals surface area contributed by atoms with Crippen LogP contribution < -0.4 is 4.67 Å². The van der Waals surface area contributed by atoms with E-state index in [2.05, 4.69) is 0 Å². The van der Waals surface area contributed by atoms with Crippen molar-refractivity contribution in [3.05, 3.63) is 30.3 Å². The summed E-state index contributed by atoms with van der Waals surface area (Å²) in [7, 11) is -3.84. The molecule has 0 spiro atoms. The number of para-hydroxylation sites is 1. The van der Waals surface area contributed by atoms with E-state index in [0.717, 1.165) is 30.4 Å². The van der Waals surface area contributed by atoms with Crippen LogP contribution in [0.3, 0.4) is 0 Å². The molecule has 0 aromatic heterocycles. The normalized spacial score (nSPS) is 11.3. The second-order valence-corrected chi connectivity index (χ2v) is 7.04. The van der Waals surface area contributed by atoms with Crippen LogP contribution >= 0.6 is 7.75 Å². The average molecular weight is 357 g/mol. The van der Waals surface area contributed by atoms with Crippen LogP contribution in [0.1, 0.15) is 46.5 Å². The van der Waals surface area contributed by atoms with Gasteiger partial charge in [-0.1, -0.05) is 44.9 Å². The molecule has 0 aliphatic rings. The van der Waals surface area contributed by atoms with E-state index >= 15 is 0 Å². The molecule has 0 fully saturated rings. The summed E-state index contributed by atoms with van der Waals surface area (Å²) in [6, 6.07) is 8.67. The summed E-state index contributed by atoms with van der Waals surface area (Å²) in [5.74, 6) is 0. The molecule has 0 radical (unpaired) electrons. The summed E-state index contributed by atoms with van der Waals surface area (Å²) < 4.78 is 30.6. The second-order valence-electron chi connectivity index (χ2n) is 5.19. The van der Waals surface area contributed by atoms with Gasteiger partial charge in [0.2, 0.25) is 0 Å². The van der Waals surface area contributed by atoms with Gasteiger partial charge in [-0.15, -0.1) is 0 Å². The number of anilines is 1. The molecule has 136 valence electrons. The van der Waals surface area contributed by atoms with Crippen LogP contribution in [0.2, 0.25) is 0 Å². The number of rotatable bonds is 11. The fourth-order valence-corrected chi connectivity index (χ4v) is 3.60. The number of hydrogen-bond acceptors (Lipinski definition) is 5. The van der Waals surface area contributed by atoms with Gasteiger partial charge in [-0.25, -0.2) is 9.36 Å². The molecule has 0 aliphatic heterocycles. The van der Waals surface area contributed by atoms with Crippen LogP contribution in [0.4, 0.5) is 10.5 Å². The Hall–Kier alpha value is -1.36. The maximum absolute atomic E-state index is 13.4. The maximum atomic E-state index is 13.4. The predicted molar refractivity (Wildman–Crippen MR) is 95.3 cm³/mol. The Kier molecular flexibility index (Phi) is 9.69. The molecule has 1 aromatic rings. The van der Waals surface area contributed by atoms with Crippen molar-refractivity contribution in [1.82, 2.24) is 0 Å². The van der Waals surface area contributed by atoms with E-state index in [9.17, 15) is 9.36 Å². The van der Waals surface area contributed by atoms with Crippen molar-refractivity contribution in [2.45, 2.75) is 46.5 Å². The number of carbonyl (C=O) groups excluding carboxylic acids is 1. The molecular formula is C17H28NO5P. The third kappa shape index (κ3) is 6.27. The lowest BCUT2D eigenvalue weighted by Gasteiger charge is -2.29. The zero-order valence-corrected chi connectivity index (χ0v) is 15.7. The van der Waals surface area contributed by atoms with E-state index < -0.39 is 13.8 Å². The van der Waals surface area contributed by atoms with Gasteiger partial charge in [-0.3, -0.25) is 9.05 Å². The minimum Gasteiger partial charge on any atom is -0.449 e. The monoisotopic (exact) mass is 357 g/mol. The van der Waals surface area contributed by atoms with Crippen molar-refractivity contribution < 1.29 is 23.1 Å². The number of carbonyl (C=O) groups is 1. The Morgan fingerprint density at radius 3 is 2.00 bits per heavy atom. The Balaban J connectivity index is 3.12. The summed E-state index contributed by atoms with van der Waals surface area (Å²) in [6.07, 6.45) is 2.50. The SMILES string of the molecule is CCCCOP(=O)(OCCCC)N(C(=O)OCC)c1ccccc1. The first-order valence-electron chi connectivity index (χ1n) is 8.50. The molecule has 0 unspecified atom stereocenters. The van der Waals surface area contributed by atoms with E-state index in [4.69, 9.17) is 13.8 Å². The van der Waals surface area contributed by atoms with Gasteiger partial charge in [0.15, 0.2) is 0 Å². The van der Waals surface area contributed by atoms with Gasteiger partial charge < -0.3 is 4.74 Å². The smallest absolute Gasteiger partial charge is 0.444 e. The Bertz CT molecular complexity index is 509. The van der Waals surface area contributed by atoms with E-state index in [1.807, 2.05) is 19.9 Å². The minimum atomic E-state index is -3.84. The number of ether oxygens (including phenoxy) is 1. The fourth-order valence-electron chi connectivity index (χ4n) is 1.90. The Morgan fingerprint density at radius 1 is 1.00 bits per heavy atom. The quantitative estimate of drug-likeness (QED) is 0.392. The molecule has 0 saturated carbocycles. The maximum Gasteiger partial charge on any atom is 0.444 e. The summed E-state index contributed by atoms with van der Waals surface area (Å²) in [4.78, 5) is 12.4. The summed E-state index contributed by atoms with van der Waals surface area (Å²) in [6.45, 7) is 6.39. The van der Waals surface area contributed by atoms with Crippen molar-refractivity contribution in [2.75, 3.05) is 24.5 Å². The number of amides is 1. The third-order valence-electron chi connectivity index (χ3n) is 3.19. The van der Waals surface area contributed by atoms with E-state index in [-0.39, 0.29) is 19.8 Å². The molecule has 7 heteroatoms. The van der Waals surface area contributed by atoms with Gasteiger partial charge in [0, 0.05) is 0 Å². The number of benzene rings is 1. The van der Waals surface area contributed by atoms with Crippen molar-refractivity contribution in [1.29, 1.82) is 0 Å². The average Bonchev–Trinajstić information content (AvgIpc) is 2.57.